The zero-order valence-electron chi connectivity index (χ0n) is 8.81. The summed E-state index contributed by atoms with van der Waals surface area (Å²) in [6, 6.07) is -0.000184. The summed E-state index contributed by atoms with van der Waals surface area (Å²) in [5.74, 6) is 0. The molecule has 1 heterocycles. The van der Waals surface area contributed by atoms with Gasteiger partial charge in [0.1, 0.15) is 0 Å². The Morgan fingerprint density at radius 2 is 2.21 bits per heavy atom. The third-order valence-electron chi connectivity index (χ3n) is 2.45. The van der Waals surface area contributed by atoms with Gasteiger partial charge in [-0.3, -0.25) is 0 Å². The minimum Gasteiger partial charge on any atom is -0.326 e. The van der Waals surface area contributed by atoms with E-state index in [1.54, 1.807) is 7.05 Å². The number of hydrogen-bond donors (Lipinski definition) is 1. The summed E-state index contributed by atoms with van der Waals surface area (Å²) in [5.41, 5.74) is 5.67. The molecular formula is C8H19N3O2S. The Balaban J connectivity index is 2.65. The van der Waals surface area contributed by atoms with Crippen molar-refractivity contribution in [2.24, 2.45) is 5.73 Å². The largest absolute Gasteiger partial charge is 0.326 e. The van der Waals surface area contributed by atoms with Gasteiger partial charge in [0.05, 0.1) is 0 Å². The molecule has 1 saturated heterocycles. The maximum atomic E-state index is 11.9. The van der Waals surface area contributed by atoms with Gasteiger partial charge in [0.2, 0.25) is 0 Å². The van der Waals surface area contributed by atoms with E-state index < -0.39 is 10.2 Å². The number of rotatable bonds is 4. The topological polar surface area (TPSA) is 66.6 Å². The molecule has 0 radical (unpaired) electrons. The van der Waals surface area contributed by atoms with Crippen LogP contribution in [0.25, 0.3) is 0 Å². The van der Waals surface area contributed by atoms with Crippen LogP contribution in [0.1, 0.15) is 19.8 Å². The van der Waals surface area contributed by atoms with Crippen LogP contribution in [0.15, 0.2) is 0 Å². The maximum Gasteiger partial charge on any atom is 0.281 e. The van der Waals surface area contributed by atoms with Crippen LogP contribution in [-0.2, 0) is 10.2 Å². The zero-order valence-corrected chi connectivity index (χ0v) is 9.63. The van der Waals surface area contributed by atoms with Crippen LogP contribution in [0, 0.1) is 0 Å². The van der Waals surface area contributed by atoms with E-state index in [1.807, 2.05) is 6.92 Å². The van der Waals surface area contributed by atoms with Gasteiger partial charge in [-0.15, -0.1) is 0 Å². The van der Waals surface area contributed by atoms with E-state index in [4.69, 9.17) is 5.73 Å². The van der Waals surface area contributed by atoms with Gasteiger partial charge >= 0.3 is 0 Å². The minimum absolute atomic E-state index is 0.000184. The molecule has 14 heavy (non-hydrogen) atoms. The molecule has 84 valence electrons. The molecule has 0 amide bonds. The van der Waals surface area contributed by atoms with Crippen LogP contribution < -0.4 is 5.73 Å². The predicted octanol–water partition coefficient (Wildman–Crippen LogP) is -0.394. The molecule has 2 N–H and O–H groups in total. The summed E-state index contributed by atoms with van der Waals surface area (Å²) in [4.78, 5) is 0. The highest BCUT2D eigenvalue weighted by Gasteiger charge is 2.31. The van der Waals surface area contributed by atoms with Crippen molar-refractivity contribution in [1.82, 2.24) is 8.61 Å². The second-order valence-electron chi connectivity index (χ2n) is 3.74. The molecule has 0 saturated carbocycles. The van der Waals surface area contributed by atoms with Gasteiger partial charge in [-0.25, -0.2) is 0 Å². The molecule has 6 heteroatoms. The molecule has 0 aromatic rings. The SMILES string of the molecule is CCCN(C)S(=O)(=O)N1CC[C@@H](N)C1. The fourth-order valence-electron chi connectivity index (χ4n) is 1.59. The van der Waals surface area contributed by atoms with E-state index in [0.717, 1.165) is 12.8 Å². The summed E-state index contributed by atoms with van der Waals surface area (Å²) in [6.45, 7) is 3.53. The third kappa shape index (κ3) is 2.44. The van der Waals surface area contributed by atoms with Gasteiger partial charge in [-0.2, -0.15) is 17.0 Å². The second kappa shape index (κ2) is 4.57. The van der Waals surface area contributed by atoms with Crippen LogP contribution in [0.5, 0.6) is 0 Å². The Bertz CT molecular complexity index is 278. The fraction of sp³-hybridized carbons (Fsp3) is 1.00. The Kier molecular flexibility index (Phi) is 3.88. The van der Waals surface area contributed by atoms with Crippen molar-refractivity contribution < 1.29 is 8.42 Å². The lowest BCUT2D eigenvalue weighted by Gasteiger charge is -2.23. The lowest BCUT2D eigenvalue weighted by Crippen LogP contribution is -2.41. The van der Waals surface area contributed by atoms with Gasteiger partial charge in [-0.1, -0.05) is 6.92 Å². The van der Waals surface area contributed by atoms with Crippen LogP contribution in [-0.4, -0.2) is 49.8 Å². The van der Waals surface area contributed by atoms with Crippen molar-refractivity contribution in [1.29, 1.82) is 0 Å². The quantitative estimate of drug-likeness (QED) is 0.703. The normalized spacial score (nSPS) is 24.7. The average Bonchev–Trinajstić information content (AvgIpc) is 2.52. The van der Waals surface area contributed by atoms with Crippen molar-refractivity contribution >= 4 is 10.2 Å². The van der Waals surface area contributed by atoms with Crippen molar-refractivity contribution in [3.05, 3.63) is 0 Å². The van der Waals surface area contributed by atoms with E-state index in [1.165, 1.54) is 8.61 Å². The van der Waals surface area contributed by atoms with E-state index >= 15 is 0 Å². The predicted molar refractivity (Wildman–Crippen MR) is 56.0 cm³/mol. The highest BCUT2D eigenvalue weighted by Crippen LogP contribution is 2.14. The summed E-state index contributed by atoms with van der Waals surface area (Å²) in [7, 11) is -1.63. The monoisotopic (exact) mass is 221 g/mol. The molecule has 0 bridgehead atoms. The molecule has 1 aliphatic rings. The molecule has 0 unspecified atom stereocenters. The van der Waals surface area contributed by atoms with Gasteiger partial charge in [-0.05, 0) is 12.8 Å². The van der Waals surface area contributed by atoms with Crippen LogP contribution in [0.4, 0.5) is 0 Å². The molecule has 1 fully saturated rings. The summed E-state index contributed by atoms with van der Waals surface area (Å²) in [6.07, 6.45) is 1.59. The summed E-state index contributed by atoms with van der Waals surface area (Å²) < 4.78 is 26.6. The van der Waals surface area contributed by atoms with Crippen molar-refractivity contribution in [2.75, 3.05) is 26.7 Å². The molecule has 0 aliphatic carbocycles. The first-order chi connectivity index (χ1) is 6.48. The highest BCUT2D eigenvalue weighted by atomic mass is 32.2. The van der Waals surface area contributed by atoms with Gasteiger partial charge in [0.15, 0.2) is 0 Å². The molecule has 0 spiro atoms. The second-order valence-corrected chi connectivity index (χ2v) is 5.77. The smallest absolute Gasteiger partial charge is 0.281 e. The number of nitrogens with zero attached hydrogens (tertiary/aromatic N) is 2. The number of nitrogens with two attached hydrogens (primary N) is 1. The molecular weight excluding hydrogens is 202 g/mol. The molecule has 1 aliphatic heterocycles. The molecule has 0 aromatic carbocycles. The van der Waals surface area contributed by atoms with Gasteiger partial charge in [0.25, 0.3) is 10.2 Å². The summed E-state index contributed by atoms with van der Waals surface area (Å²) >= 11 is 0. The number of hydrogen-bond acceptors (Lipinski definition) is 3. The standard InChI is InChI=1S/C8H19N3O2S/c1-3-5-10(2)14(12,13)11-6-4-8(9)7-11/h8H,3-7,9H2,1-2H3/t8-/m1/s1. The van der Waals surface area contributed by atoms with Crippen molar-refractivity contribution in [2.45, 2.75) is 25.8 Å². The maximum absolute atomic E-state index is 11.9. The Labute approximate surface area is 86.0 Å². The molecule has 1 atom stereocenters. The highest BCUT2D eigenvalue weighted by molar-refractivity contribution is 7.86. The zero-order chi connectivity index (χ0) is 10.8. The Morgan fingerprint density at radius 3 is 2.64 bits per heavy atom. The third-order valence-corrected chi connectivity index (χ3v) is 4.40. The van der Waals surface area contributed by atoms with E-state index in [2.05, 4.69) is 0 Å². The molecule has 1 rings (SSSR count). The Morgan fingerprint density at radius 1 is 1.57 bits per heavy atom. The first kappa shape index (κ1) is 11.9. The average molecular weight is 221 g/mol. The van der Waals surface area contributed by atoms with E-state index in [-0.39, 0.29) is 6.04 Å². The lowest BCUT2D eigenvalue weighted by molar-refractivity contribution is 0.392. The van der Waals surface area contributed by atoms with E-state index in [9.17, 15) is 8.42 Å². The molecule has 5 nitrogen and oxygen atoms in total. The molecule has 0 aromatic heterocycles. The first-order valence-corrected chi connectivity index (χ1v) is 6.35. The first-order valence-electron chi connectivity index (χ1n) is 4.95. The van der Waals surface area contributed by atoms with Gasteiger partial charge in [0, 0.05) is 32.7 Å². The Hall–Kier alpha value is -0.170. The fourth-order valence-corrected chi connectivity index (χ4v) is 3.11. The van der Waals surface area contributed by atoms with Crippen LogP contribution >= 0.6 is 0 Å². The van der Waals surface area contributed by atoms with Crippen LogP contribution in [0.3, 0.4) is 0 Å². The van der Waals surface area contributed by atoms with Gasteiger partial charge < -0.3 is 5.73 Å². The van der Waals surface area contributed by atoms with E-state index in [0.29, 0.717) is 19.6 Å². The summed E-state index contributed by atoms with van der Waals surface area (Å²) in [5, 5.41) is 0. The van der Waals surface area contributed by atoms with Crippen LogP contribution in [0.2, 0.25) is 0 Å². The lowest BCUT2D eigenvalue weighted by atomic mass is 10.3. The minimum atomic E-state index is -3.25. The van der Waals surface area contributed by atoms with Crippen molar-refractivity contribution in [3.8, 4) is 0 Å². The van der Waals surface area contributed by atoms with Crippen molar-refractivity contribution in [3.63, 3.8) is 0 Å².